The van der Waals surface area contributed by atoms with E-state index in [4.69, 9.17) is 0 Å². The van der Waals surface area contributed by atoms with E-state index in [9.17, 15) is 9.18 Å². The summed E-state index contributed by atoms with van der Waals surface area (Å²) in [5, 5.41) is 3.01. The maximum absolute atomic E-state index is 13.3. The summed E-state index contributed by atoms with van der Waals surface area (Å²) in [5.41, 5.74) is 4.14. The number of hydrogen-bond donors (Lipinski definition) is 1. The number of aryl methyl sites for hydroxylation is 2. The lowest BCUT2D eigenvalue weighted by atomic mass is 10.1. The summed E-state index contributed by atoms with van der Waals surface area (Å²) in [6.45, 7) is 8.66. The van der Waals surface area contributed by atoms with Crippen molar-refractivity contribution in [3.63, 3.8) is 0 Å². The highest BCUT2D eigenvalue weighted by Gasteiger charge is 2.19. The lowest BCUT2D eigenvalue weighted by molar-refractivity contribution is -0.117. The third-order valence-corrected chi connectivity index (χ3v) is 4.78. The van der Waals surface area contributed by atoms with Gasteiger partial charge in [0.15, 0.2) is 0 Å². The van der Waals surface area contributed by atoms with Crippen LogP contribution in [-0.2, 0) is 11.3 Å². The van der Waals surface area contributed by atoms with Crippen LogP contribution in [0.5, 0.6) is 0 Å². The molecule has 138 valence electrons. The predicted octanol–water partition coefficient (Wildman–Crippen LogP) is 3.20. The summed E-state index contributed by atoms with van der Waals surface area (Å²) in [6.07, 6.45) is 0. The van der Waals surface area contributed by atoms with Crippen LogP contribution in [0.4, 0.5) is 10.1 Å². The molecule has 4 nitrogen and oxygen atoms in total. The van der Waals surface area contributed by atoms with Crippen molar-refractivity contribution in [1.82, 2.24) is 9.80 Å². The Hall–Kier alpha value is -2.24. The van der Waals surface area contributed by atoms with Gasteiger partial charge in [-0.15, -0.1) is 0 Å². The molecule has 0 bridgehead atoms. The van der Waals surface area contributed by atoms with E-state index in [1.54, 1.807) is 12.1 Å². The summed E-state index contributed by atoms with van der Waals surface area (Å²) in [5.74, 6) is -0.167. The van der Waals surface area contributed by atoms with Crippen LogP contribution in [-0.4, -0.2) is 48.4 Å². The molecule has 0 radical (unpaired) electrons. The monoisotopic (exact) mass is 355 g/mol. The van der Waals surface area contributed by atoms with E-state index >= 15 is 0 Å². The first kappa shape index (κ1) is 18.5. The highest BCUT2D eigenvalue weighted by Crippen LogP contribution is 2.16. The van der Waals surface area contributed by atoms with Gasteiger partial charge in [0.25, 0.3) is 0 Å². The van der Waals surface area contributed by atoms with Gasteiger partial charge in [0.05, 0.1) is 6.54 Å². The van der Waals surface area contributed by atoms with Gasteiger partial charge in [-0.1, -0.05) is 29.8 Å². The quantitative estimate of drug-likeness (QED) is 0.895. The Labute approximate surface area is 154 Å². The van der Waals surface area contributed by atoms with E-state index in [0.29, 0.717) is 6.54 Å². The van der Waals surface area contributed by atoms with Gasteiger partial charge in [0.1, 0.15) is 5.82 Å². The number of hydrogen-bond acceptors (Lipinski definition) is 3. The van der Waals surface area contributed by atoms with Crippen LogP contribution in [0.15, 0.2) is 42.5 Å². The van der Waals surface area contributed by atoms with E-state index in [0.717, 1.165) is 49.5 Å². The number of nitrogens with one attached hydrogen (secondary N) is 1. The molecule has 0 aliphatic carbocycles. The van der Waals surface area contributed by atoms with Gasteiger partial charge in [-0.2, -0.15) is 0 Å². The average molecular weight is 355 g/mol. The van der Waals surface area contributed by atoms with Crippen molar-refractivity contribution in [2.75, 3.05) is 38.0 Å². The number of piperazine rings is 1. The Bertz CT molecular complexity index is 770. The molecule has 1 heterocycles. The molecule has 26 heavy (non-hydrogen) atoms. The van der Waals surface area contributed by atoms with Crippen molar-refractivity contribution in [3.05, 3.63) is 65.0 Å². The molecule has 2 aromatic carbocycles. The summed E-state index contributed by atoms with van der Waals surface area (Å²) in [7, 11) is 0. The minimum absolute atomic E-state index is 0.0236. The third-order valence-electron chi connectivity index (χ3n) is 4.78. The first-order valence-corrected chi connectivity index (χ1v) is 9.06. The van der Waals surface area contributed by atoms with Crippen LogP contribution < -0.4 is 5.32 Å². The minimum atomic E-state index is -0.191. The standard InChI is InChI=1S/C21H26FN3O/c1-16-6-7-20(17(2)12-16)23-21(26)15-25-10-8-24(9-11-25)14-18-4-3-5-19(22)13-18/h3-7,12-13H,8-11,14-15H2,1-2H3,(H,23,26). The highest BCUT2D eigenvalue weighted by atomic mass is 19.1. The van der Waals surface area contributed by atoms with Gasteiger partial charge in [-0.3, -0.25) is 14.6 Å². The fourth-order valence-electron chi connectivity index (χ4n) is 3.35. The second-order valence-corrected chi connectivity index (χ2v) is 7.05. The smallest absolute Gasteiger partial charge is 0.238 e. The van der Waals surface area contributed by atoms with Crippen molar-refractivity contribution in [3.8, 4) is 0 Å². The Morgan fingerprint density at radius 2 is 1.77 bits per heavy atom. The molecule has 0 spiro atoms. The Balaban J connectivity index is 1.45. The lowest BCUT2D eigenvalue weighted by Gasteiger charge is -2.34. The molecule has 0 saturated carbocycles. The zero-order chi connectivity index (χ0) is 18.5. The Kier molecular flexibility index (Phi) is 6.01. The van der Waals surface area contributed by atoms with E-state index in [1.807, 2.05) is 32.0 Å². The maximum atomic E-state index is 13.3. The van der Waals surface area contributed by atoms with E-state index in [1.165, 1.54) is 11.6 Å². The molecule has 2 aromatic rings. The molecule has 0 atom stereocenters. The molecular formula is C21H26FN3O. The summed E-state index contributed by atoms with van der Waals surface area (Å²) < 4.78 is 13.3. The van der Waals surface area contributed by atoms with E-state index < -0.39 is 0 Å². The summed E-state index contributed by atoms with van der Waals surface area (Å²) >= 11 is 0. The number of anilines is 1. The first-order valence-electron chi connectivity index (χ1n) is 9.06. The van der Waals surface area contributed by atoms with Crippen molar-refractivity contribution in [1.29, 1.82) is 0 Å². The second kappa shape index (κ2) is 8.43. The zero-order valence-corrected chi connectivity index (χ0v) is 15.5. The molecule has 1 N–H and O–H groups in total. The topological polar surface area (TPSA) is 35.6 Å². The Morgan fingerprint density at radius 3 is 2.46 bits per heavy atom. The highest BCUT2D eigenvalue weighted by molar-refractivity contribution is 5.93. The van der Waals surface area contributed by atoms with Crippen LogP contribution in [0, 0.1) is 19.7 Å². The molecule has 1 amide bonds. The van der Waals surface area contributed by atoms with Crippen molar-refractivity contribution in [2.45, 2.75) is 20.4 Å². The van der Waals surface area contributed by atoms with Gasteiger partial charge >= 0.3 is 0 Å². The largest absolute Gasteiger partial charge is 0.325 e. The molecule has 0 aromatic heterocycles. The Morgan fingerprint density at radius 1 is 1.04 bits per heavy atom. The van der Waals surface area contributed by atoms with Gasteiger partial charge in [0.2, 0.25) is 5.91 Å². The number of nitrogens with zero attached hydrogens (tertiary/aromatic N) is 2. The van der Waals surface area contributed by atoms with Gasteiger partial charge in [-0.05, 0) is 43.2 Å². The third kappa shape index (κ3) is 5.13. The van der Waals surface area contributed by atoms with Crippen molar-refractivity contribution < 1.29 is 9.18 Å². The molecule has 1 aliphatic heterocycles. The van der Waals surface area contributed by atoms with Gasteiger partial charge in [0, 0.05) is 38.4 Å². The van der Waals surface area contributed by atoms with Crippen molar-refractivity contribution >= 4 is 11.6 Å². The molecule has 1 saturated heterocycles. The fourth-order valence-corrected chi connectivity index (χ4v) is 3.35. The van der Waals surface area contributed by atoms with Gasteiger partial charge in [-0.25, -0.2) is 4.39 Å². The number of halogens is 1. The molecule has 0 unspecified atom stereocenters. The lowest BCUT2D eigenvalue weighted by Crippen LogP contribution is -2.48. The summed E-state index contributed by atoms with van der Waals surface area (Å²) in [6, 6.07) is 12.8. The molecule has 1 fully saturated rings. The minimum Gasteiger partial charge on any atom is -0.325 e. The van der Waals surface area contributed by atoms with Crippen LogP contribution in [0.2, 0.25) is 0 Å². The molecular weight excluding hydrogens is 329 g/mol. The number of benzene rings is 2. The SMILES string of the molecule is Cc1ccc(NC(=O)CN2CCN(Cc3cccc(F)c3)CC2)c(C)c1. The van der Waals surface area contributed by atoms with Crippen LogP contribution in [0.1, 0.15) is 16.7 Å². The molecule has 1 aliphatic rings. The number of carbonyl (C=O) groups is 1. The predicted molar refractivity (Wildman–Crippen MR) is 103 cm³/mol. The number of rotatable bonds is 5. The molecule has 3 rings (SSSR count). The van der Waals surface area contributed by atoms with Gasteiger partial charge < -0.3 is 5.32 Å². The van der Waals surface area contributed by atoms with Crippen LogP contribution in [0.3, 0.4) is 0 Å². The molecule has 5 heteroatoms. The van der Waals surface area contributed by atoms with Crippen LogP contribution >= 0.6 is 0 Å². The van der Waals surface area contributed by atoms with Crippen molar-refractivity contribution in [2.24, 2.45) is 0 Å². The number of carbonyl (C=O) groups excluding carboxylic acids is 1. The summed E-state index contributed by atoms with van der Waals surface area (Å²) in [4.78, 5) is 16.8. The number of amides is 1. The maximum Gasteiger partial charge on any atom is 0.238 e. The first-order chi connectivity index (χ1) is 12.5. The fraction of sp³-hybridized carbons (Fsp3) is 0.381. The average Bonchev–Trinajstić information content (AvgIpc) is 2.59. The van der Waals surface area contributed by atoms with E-state index in [2.05, 4.69) is 21.2 Å². The van der Waals surface area contributed by atoms with E-state index in [-0.39, 0.29) is 11.7 Å². The zero-order valence-electron chi connectivity index (χ0n) is 15.5. The van der Waals surface area contributed by atoms with Crippen LogP contribution in [0.25, 0.3) is 0 Å². The normalized spacial score (nSPS) is 15.8. The second-order valence-electron chi connectivity index (χ2n) is 7.05.